The summed E-state index contributed by atoms with van der Waals surface area (Å²) in [6.45, 7) is 1.70. The van der Waals surface area contributed by atoms with Crippen LogP contribution in [0.3, 0.4) is 0 Å². The fourth-order valence-electron chi connectivity index (χ4n) is 3.47. The van der Waals surface area contributed by atoms with Crippen LogP contribution in [0.1, 0.15) is 23.2 Å². The van der Waals surface area contributed by atoms with Gasteiger partial charge in [-0.15, -0.1) is 0 Å². The molecule has 0 aromatic heterocycles. The molecule has 1 aliphatic rings. The molecule has 1 unspecified atom stereocenters. The lowest BCUT2D eigenvalue weighted by molar-refractivity contribution is 0.0713. The third-order valence-electron chi connectivity index (χ3n) is 4.90. The largest absolute Gasteiger partial charge is 0.369 e. The molecule has 1 amide bonds. The first kappa shape index (κ1) is 18.5. The fraction of sp³-hybridized carbons (Fsp3) is 0.350. The summed E-state index contributed by atoms with van der Waals surface area (Å²) in [5, 5.41) is 0. The van der Waals surface area contributed by atoms with E-state index in [1.54, 1.807) is 30.1 Å². The Balaban J connectivity index is 1.81. The molecule has 0 spiro atoms. The van der Waals surface area contributed by atoms with Gasteiger partial charge < -0.3 is 9.80 Å². The topological polar surface area (TPSA) is 57.7 Å². The van der Waals surface area contributed by atoms with Gasteiger partial charge in [0.05, 0.1) is 10.5 Å². The van der Waals surface area contributed by atoms with Crippen molar-refractivity contribution in [2.24, 2.45) is 0 Å². The minimum absolute atomic E-state index is 0.0454. The lowest BCUT2D eigenvalue weighted by atomic mass is 10.0. The maximum atomic E-state index is 13.0. The van der Waals surface area contributed by atoms with Crippen LogP contribution in [0.2, 0.25) is 0 Å². The zero-order valence-electron chi connectivity index (χ0n) is 15.1. The molecular formula is C20H24N2O3S. The Hall–Kier alpha value is -2.34. The van der Waals surface area contributed by atoms with Crippen molar-refractivity contribution in [3.63, 3.8) is 0 Å². The van der Waals surface area contributed by atoms with Gasteiger partial charge in [0, 0.05) is 38.1 Å². The van der Waals surface area contributed by atoms with Gasteiger partial charge in [0.1, 0.15) is 0 Å². The quantitative estimate of drug-likeness (QED) is 0.828. The van der Waals surface area contributed by atoms with Crippen LogP contribution in [0.25, 0.3) is 0 Å². The van der Waals surface area contributed by atoms with Gasteiger partial charge in [0.25, 0.3) is 5.91 Å². The Bertz CT molecular complexity index is 881. The molecule has 26 heavy (non-hydrogen) atoms. The van der Waals surface area contributed by atoms with Crippen LogP contribution in [0.4, 0.5) is 5.69 Å². The van der Waals surface area contributed by atoms with Gasteiger partial charge >= 0.3 is 0 Å². The second-order valence-corrected chi connectivity index (χ2v) is 8.75. The molecule has 1 aliphatic heterocycles. The second-order valence-electron chi connectivity index (χ2n) is 6.76. The number of sulfone groups is 1. The minimum Gasteiger partial charge on any atom is -0.369 e. The Kier molecular flexibility index (Phi) is 5.32. The van der Waals surface area contributed by atoms with Gasteiger partial charge in [-0.1, -0.05) is 30.3 Å². The highest BCUT2D eigenvalue weighted by atomic mass is 32.2. The Labute approximate surface area is 155 Å². The number of likely N-dealkylation sites (N-methyl/N-ethyl adjacent to an activating group) is 1. The van der Waals surface area contributed by atoms with Crippen molar-refractivity contribution in [2.45, 2.75) is 23.8 Å². The van der Waals surface area contributed by atoms with Gasteiger partial charge in [-0.05, 0) is 37.1 Å². The van der Waals surface area contributed by atoms with Gasteiger partial charge in [-0.25, -0.2) is 8.42 Å². The summed E-state index contributed by atoms with van der Waals surface area (Å²) in [5.41, 5.74) is 1.39. The van der Waals surface area contributed by atoms with Gasteiger partial charge in [0.2, 0.25) is 0 Å². The molecule has 6 heteroatoms. The average Bonchev–Trinajstić information content (AvgIpc) is 2.67. The third-order valence-corrected chi connectivity index (χ3v) is 6.06. The molecule has 0 radical (unpaired) electrons. The highest BCUT2D eigenvalue weighted by Gasteiger charge is 2.29. The lowest BCUT2D eigenvalue weighted by Crippen LogP contribution is -2.48. The summed E-state index contributed by atoms with van der Waals surface area (Å²) in [4.78, 5) is 17.1. The summed E-state index contributed by atoms with van der Waals surface area (Å²) in [6, 6.07) is 16.6. The molecule has 1 fully saturated rings. The predicted octanol–water partition coefficient (Wildman–Crippen LogP) is 2.83. The van der Waals surface area contributed by atoms with Gasteiger partial charge in [-0.3, -0.25) is 4.79 Å². The van der Waals surface area contributed by atoms with Crippen molar-refractivity contribution < 1.29 is 13.2 Å². The molecule has 2 aromatic rings. The maximum Gasteiger partial charge on any atom is 0.255 e. The summed E-state index contributed by atoms with van der Waals surface area (Å²) < 4.78 is 24.0. The van der Waals surface area contributed by atoms with Crippen molar-refractivity contribution in [3.05, 3.63) is 60.2 Å². The lowest BCUT2D eigenvalue weighted by Gasteiger charge is -2.39. The highest BCUT2D eigenvalue weighted by molar-refractivity contribution is 7.90. The maximum absolute atomic E-state index is 13.0. The number of para-hydroxylation sites is 1. The first-order valence-electron chi connectivity index (χ1n) is 8.74. The first-order chi connectivity index (χ1) is 12.4. The van der Waals surface area contributed by atoms with Crippen molar-refractivity contribution in [1.82, 2.24) is 4.90 Å². The van der Waals surface area contributed by atoms with Gasteiger partial charge in [-0.2, -0.15) is 0 Å². The summed E-state index contributed by atoms with van der Waals surface area (Å²) in [7, 11) is -1.69. The monoisotopic (exact) mass is 372 g/mol. The fourth-order valence-corrected chi connectivity index (χ4v) is 4.35. The minimum atomic E-state index is -3.45. The van der Waals surface area contributed by atoms with Crippen LogP contribution in [-0.4, -0.2) is 51.7 Å². The van der Waals surface area contributed by atoms with E-state index in [1.807, 2.05) is 18.2 Å². The first-order valence-corrected chi connectivity index (χ1v) is 10.6. The zero-order chi connectivity index (χ0) is 18.7. The number of benzene rings is 2. The molecule has 5 nitrogen and oxygen atoms in total. The summed E-state index contributed by atoms with van der Waals surface area (Å²) in [6.07, 6.45) is 3.04. The van der Waals surface area contributed by atoms with Crippen LogP contribution < -0.4 is 4.90 Å². The van der Waals surface area contributed by atoms with Gasteiger partial charge in [0.15, 0.2) is 9.84 Å². The third kappa shape index (κ3) is 3.90. The molecule has 2 aromatic carbocycles. The molecule has 1 heterocycles. The SMILES string of the molecule is CN(C(=O)c1ccccc1S(C)(=O)=O)C1CCCN(c2ccccc2)C1. The molecule has 1 saturated heterocycles. The number of piperidine rings is 1. The van der Waals surface area contributed by atoms with E-state index in [1.165, 1.54) is 6.07 Å². The van der Waals surface area contributed by atoms with Crippen molar-refractivity contribution in [2.75, 3.05) is 31.3 Å². The zero-order valence-corrected chi connectivity index (χ0v) is 15.9. The average molecular weight is 372 g/mol. The molecule has 3 rings (SSSR count). The number of amides is 1. The van der Waals surface area contributed by atoms with Crippen molar-refractivity contribution in [3.8, 4) is 0 Å². The van der Waals surface area contributed by atoms with E-state index in [0.717, 1.165) is 37.9 Å². The molecule has 0 aliphatic carbocycles. The molecular weight excluding hydrogens is 348 g/mol. The van der Waals surface area contributed by atoms with E-state index in [9.17, 15) is 13.2 Å². The summed E-state index contributed by atoms with van der Waals surface area (Å²) >= 11 is 0. The number of rotatable bonds is 4. The molecule has 138 valence electrons. The number of carbonyl (C=O) groups is 1. The smallest absolute Gasteiger partial charge is 0.255 e. The van der Waals surface area contributed by atoms with E-state index in [2.05, 4.69) is 17.0 Å². The number of anilines is 1. The van der Waals surface area contributed by atoms with Crippen LogP contribution >= 0.6 is 0 Å². The number of hydrogen-bond acceptors (Lipinski definition) is 4. The van der Waals surface area contributed by atoms with E-state index in [0.29, 0.717) is 0 Å². The Morgan fingerprint density at radius 1 is 1.08 bits per heavy atom. The van der Waals surface area contributed by atoms with Crippen molar-refractivity contribution >= 4 is 21.4 Å². The number of nitrogens with zero attached hydrogens (tertiary/aromatic N) is 2. The van der Waals surface area contributed by atoms with Crippen molar-refractivity contribution in [1.29, 1.82) is 0 Å². The number of carbonyl (C=O) groups excluding carboxylic acids is 1. The second kappa shape index (κ2) is 7.50. The summed E-state index contributed by atoms with van der Waals surface area (Å²) in [5.74, 6) is -0.245. The Morgan fingerprint density at radius 2 is 1.73 bits per heavy atom. The molecule has 0 saturated carbocycles. The normalized spacial score (nSPS) is 17.8. The molecule has 0 bridgehead atoms. The van der Waals surface area contributed by atoms with E-state index in [4.69, 9.17) is 0 Å². The van der Waals surface area contributed by atoms with Crippen LogP contribution in [0, 0.1) is 0 Å². The standard InChI is InChI=1S/C20H24N2O3S/c1-21(20(23)18-12-6-7-13-19(18)26(2,24)25)17-11-8-14-22(15-17)16-9-4-3-5-10-16/h3-7,9-10,12-13,17H,8,11,14-15H2,1-2H3. The van der Waals surface area contributed by atoms with E-state index < -0.39 is 9.84 Å². The number of hydrogen-bond donors (Lipinski definition) is 0. The van der Waals surface area contributed by atoms with Crippen LogP contribution in [-0.2, 0) is 9.84 Å². The highest BCUT2D eigenvalue weighted by Crippen LogP contribution is 2.24. The predicted molar refractivity (Wildman–Crippen MR) is 103 cm³/mol. The van der Waals surface area contributed by atoms with E-state index in [-0.39, 0.29) is 22.4 Å². The van der Waals surface area contributed by atoms with Crippen LogP contribution in [0.15, 0.2) is 59.5 Å². The van der Waals surface area contributed by atoms with Crippen LogP contribution in [0.5, 0.6) is 0 Å². The molecule has 1 atom stereocenters. The Morgan fingerprint density at radius 3 is 2.42 bits per heavy atom. The van der Waals surface area contributed by atoms with E-state index >= 15 is 0 Å². The molecule has 0 N–H and O–H groups in total.